The van der Waals surface area contributed by atoms with Crippen molar-refractivity contribution >= 4 is 11.8 Å². The molecule has 3 N–H and O–H groups in total. The SMILES string of the molecule is O=C(NCCO)C1=C[C@@H](N(CCc2cccc(F)c2)C(=O)C2CCCO2)[C@H](O)[C@H]2Oc3ccccc3[C@@H]12. The second-order valence-electron chi connectivity index (χ2n) is 9.59. The number of aliphatic hydroxyl groups excluding tert-OH is 2. The van der Waals surface area contributed by atoms with Crippen molar-refractivity contribution in [1.82, 2.24) is 10.2 Å². The minimum atomic E-state index is -1.12. The lowest BCUT2D eigenvalue weighted by molar-refractivity contribution is -0.146. The van der Waals surface area contributed by atoms with E-state index in [1.165, 1.54) is 17.0 Å². The van der Waals surface area contributed by atoms with E-state index >= 15 is 0 Å². The van der Waals surface area contributed by atoms with Crippen LogP contribution in [0.25, 0.3) is 0 Å². The monoisotopic (exact) mass is 510 g/mol. The van der Waals surface area contributed by atoms with Gasteiger partial charge < -0.3 is 29.9 Å². The van der Waals surface area contributed by atoms with E-state index in [9.17, 15) is 24.2 Å². The summed E-state index contributed by atoms with van der Waals surface area (Å²) in [6.07, 6.45) is 0.784. The molecule has 9 heteroatoms. The first kappa shape index (κ1) is 25.4. The number of para-hydroxylation sites is 1. The molecule has 1 saturated heterocycles. The summed E-state index contributed by atoms with van der Waals surface area (Å²) >= 11 is 0. The first-order chi connectivity index (χ1) is 18.0. The van der Waals surface area contributed by atoms with Crippen LogP contribution < -0.4 is 10.1 Å². The van der Waals surface area contributed by atoms with Crippen LogP contribution in [0.15, 0.2) is 60.2 Å². The van der Waals surface area contributed by atoms with Gasteiger partial charge in [0, 0.05) is 30.8 Å². The van der Waals surface area contributed by atoms with Gasteiger partial charge in [-0.15, -0.1) is 0 Å². The molecule has 2 heterocycles. The lowest BCUT2D eigenvalue weighted by Crippen LogP contribution is -2.57. The van der Waals surface area contributed by atoms with Crippen LogP contribution in [0.3, 0.4) is 0 Å². The Hall–Kier alpha value is -3.27. The van der Waals surface area contributed by atoms with Crippen molar-refractivity contribution in [3.05, 3.63) is 77.1 Å². The van der Waals surface area contributed by atoms with Crippen molar-refractivity contribution in [3.8, 4) is 5.75 Å². The molecule has 0 aromatic heterocycles. The molecule has 1 aliphatic carbocycles. The Morgan fingerprint density at radius 1 is 1.16 bits per heavy atom. The molecule has 2 aliphatic heterocycles. The van der Waals surface area contributed by atoms with Gasteiger partial charge in [0.05, 0.1) is 18.6 Å². The predicted octanol–water partition coefficient (Wildman–Crippen LogP) is 1.70. The van der Waals surface area contributed by atoms with Crippen molar-refractivity contribution in [2.45, 2.75) is 49.5 Å². The topological polar surface area (TPSA) is 108 Å². The van der Waals surface area contributed by atoms with Crippen molar-refractivity contribution in [2.24, 2.45) is 0 Å². The average Bonchev–Trinajstić information content (AvgIpc) is 3.57. The van der Waals surface area contributed by atoms with Gasteiger partial charge in [0.1, 0.15) is 29.9 Å². The van der Waals surface area contributed by atoms with E-state index < -0.39 is 36.2 Å². The van der Waals surface area contributed by atoms with Crippen LogP contribution in [-0.4, -0.2) is 77.6 Å². The largest absolute Gasteiger partial charge is 0.486 e. The highest BCUT2D eigenvalue weighted by atomic mass is 19.1. The smallest absolute Gasteiger partial charge is 0.252 e. The summed E-state index contributed by atoms with van der Waals surface area (Å²) in [4.78, 5) is 28.4. The van der Waals surface area contributed by atoms with Crippen LogP contribution in [0.1, 0.15) is 29.9 Å². The number of carbonyl (C=O) groups is 2. The number of benzene rings is 2. The third kappa shape index (κ3) is 5.12. The average molecular weight is 511 g/mol. The number of nitrogens with one attached hydrogen (secondary N) is 1. The highest BCUT2D eigenvalue weighted by Crippen LogP contribution is 2.47. The normalized spacial score (nSPS) is 26.0. The van der Waals surface area contributed by atoms with Gasteiger partial charge in [-0.25, -0.2) is 4.39 Å². The minimum Gasteiger partial charge on any atom is -0.486 e. The highest BCUT2D eigenvalue weighted by Gasteiger charge is 2.50. The van der Waals surface area contributed by atoms with E-state index in [1.54, 1.807) is 24.3 Å². The van der Waals surface area contributed by atoms with E-state index in [0.717, 1.165) is 12.0 Å². The van der Waals surface area contributed by atoms with E-state index in [4.69, 9.17) is 9.47 Å². The Labute approximate surface area is 214 Å². The van der Waals surface area contributed by atoms with Gasteiger partial charge in [0.15, 0.2) is 0 Å². The standard InChI is InChI=1S/C28H31FN2O6/c29-18-6-3-5-17(15-18)10-12-31(28(35)23-9-4-14-36-23)21-16-20(27(34)30-11-13-32)24-19-7-1-2-8-22(19)37-26(24)25(21)33/h1-3,5-8,15-16,21,23-26,32-33H,4,9-14H2,(H,30,34)/t21-,23?,24+,25+,26+/m1/s1. The maximum atomic E-state index is 13.8. The van der Waals surface area contributed by atoms with Gasteiger partial charge in [-0.05, 0) is 49.1 Å². The molecular formula is C28H31FN2O6. The Kier molecular flexibility index (Phi) is 7.55. The number of ether oxygens (including phenoxy) is 2. The molecular weight excluding hydrogens is 479 g/mol. The van der Waals surface area contributed by atoms with Gasteiger partial charge in [0.2, 0.25) is 5.91 Å². The maximum Gasteiger partial charge on any atom is 0.252 e. The predicted molar refractivity (Wildman–Crippen MR) is 132 cm³/mol. The molecule has 37 heavy (non-hydrogen) atoms. The molecule has 2 amide bonds. The van der Waals surface area contributed by atoms with Crippen LogP contribution in [-0.2, 0) is 20.7 Å². The van der Waals surface area contributed by atoms with Crippen molar-refractivity contribution < 1.29 is 33.7 Å². The number of fused-ring (bicyclic) bond motifs is 3. The zero-order valence-electron chi connectivity index (χ0n) is 20.4. The number of hydrogen-bond acceptors (Lipinski definition) is 6. The molecule has 5 rings (SSSR count). The molecule has 5 atom stereocenters. The zero-order valence-corrected chi connectivity index (χ0v) is 20.4. The molecule has 1 unspecified atom stereocenters. The van der Waals surface area contributed by atoms with Crippen LogP contribution >= 0.6 is 0 Å². The number of hydrogen-bond donors (Lipinski definition) is 3. The Balaban J connectivity index is 1.51. The second-order valence-corrected chi connectivity index (χ2v) is 9.59. The maximum absolute atomic E-state index is 13.8. The molecule has 8 nitrogen and oxygen atoms in total. The summed E-state index contributed by atoms with van der Waals surface area (Å²) in [5, 5.41) is 23.5. The summed E-state index contributed by atoms with van der Waals surface area (Å²) < 4.78 is 25.6. The molecule has 0 radical (unpaired) electrons. The fourth-order valence-electron chi connectivity index (χ4n) is 5.50. The summed E-state index contributed by atoms with van der Waals surface area (Å²) in [5.74, 6) is -0.983. The fraction of sp³-hybridized carbons (Fsp3) is 0.429. The summed E-state index contributed by atoms with van der Waals surface area (Å²) in [7, 11) is 0. The van der Waals surface area contributed by atoms with E-state index in [0.29, 0.717) is 36.3 Å². The van der Waals surface area contributed by atoms with Crippen LogP contribution in [0, 0.1) is 5.82 Å². The van der Waals surface area contributed by atoms with Crippen LogP contribution in [0.5, 0.6) is 5.75 Å². The molecule has 196 valence electrons. The molecule has 0 bridgehead atoms. The number of nitrogens with zero attached hydrogens (tertiary/aromatic N) is 1. The Morgan fingerprint density at radius 2 is 2.00 bits per heavy atom. The number of halogens is 1. The van der Waals surface area contributed by atoms with E-state index in [2.05, 4.69) is 5.32 Å². The summed E-state index contributed by atoms with van der Waals surface area (Å²) in [6.45, 7) is 0.524. The number of amides is 2. The highest BCUT2D eigenvalue weighted by molar-refractivity contribution is 5.96. The Morgan fingerprint density at radius 3 is 2.76 bits per heavy atom. The van der Waals surface area contributed by atoms with Crippen molar-refractivity contribution in [2.75, 3.05) is 26.3 Å². The van der Waals surface area contributed by atoms with Gasteiger partial charge >= 0.3 is 0 Å². The first-order valence-corrected chi connectivity index (χ1v) is 12.7. The quantitative estimate of drug-likeness (QED) is 0.499. The first-order valence-electron chi connectivity index (χ1n) is 12.7. The molecule has 2 aromatic carbocycles. The van der Waals surface area contributed by atoms with Gasteiger partial charge in [-0.2, -0.15) is 0 Å². The second kappa shape index (κ2) is 11.0. The third-order valence-corrected chi connectivity index (χ3v) is 7.26. The number of carbonyl (C=O) groups excluding carboxylic acids is 2. The van der Waals surface area contributed by atoms with Crippen LogP contribution in [0.2, 0.25) is 0 Å². The summed E-state index contributed by atoms with van der Waals surface area (Å²) in [5.41, 5.74) is 1.87. The summed E-state index contributed by atoms with van der Waals surface area (Å²) in [6, 6.07) is 12.6. The zero-order chi connectivity index (χ0) is 25.9. The molecule has 1 fully saturated rings. The lowest BCUT2D eigenvalue weighted by Gasteiger charge is -2.41. The molecule has 0 saturated carbocycles. The molecule has 3 aliphatic rings. The fourth-order valence-corrected chi connectivity index (χ4v) is 5.50. The van der Waals surface area contributed by atoms with E-state index in [1.807, 2.05) is 18.2 Å². The number of rotatable bonds is 8. The Bertz CT molecular complexity index is 1180. The van der Waals surface area contributed by atoms with Gasteiger partial charge in [-0.1, -0.05) is 30.3 Å². The minimum absolute atomic E-state index is 0.0708. The van der Waals surface area contributed by atoms with Crippen molar-refractivity contribution in [1.29, 1.82) is 0 Å². The van der Waals surface area contributed by atoms with E-state index in [-0.39, 0.29) is 31.4 Å². The van der Waals surface area contributed by atoms with Gasteiger partial charge in [0.25, 0.3) is 5.91 Å². The van der Waals surface area contributed by atoms with Crippen molar-refractivity contribution in [3.63, 3.8) is 0 Å². The van der Waals surface area contributed by atoms with Crippen LogP contribution in [0.4, 0.5) is 4.39 Å². The van der Waals surface area contributed by atoms with Gasteiger partial charge in [-0.3, -0.25) is 9.59 Å². The molecule has 2 aromatic rings. The third-order valence-electron chi connectivity index (χ3n) is 7.26. The lowest BCUT2D eigenvalue weighted by atomic mass is 9.77. The molecule has 0 spiro atoms. The number of aliphatic hydroxyl groups is 2.